The maximum Gasteiger partial charge on any atom is 0.257 e. The van der Waals surface area contributed by atoms with E-state index in [1.807, 2.05) is 13.0 Å². The van der Waals surface area contributed by atoms with E-state index in [9.17, 15) is 4.79 Å². The van der Waals surface area contributed by atoms with Gasteiger partial charge in [-0.1, -0.05) is 33.1 Å². The highest BCUT2D eigenvalue weighted by Crippen LogP contribution is 2.26. The van der Waals surface area contributed by atoms with E-state index in [1.54, 1.807) is 12.1 Å². The standard InChI is InChI=1S/C18H27BrN2O2S/c1-4-6-7-8-11-23-16-10-9-14(12-15(16)19)17(22)21-18(24)20-13(3)5-2/h9-10,12-13H,4-8,11H2,1-3H3,(H2,20,21,22,24). The monoisotopic (exact) mass is 414 g/mol. The summed E-state index contributed by atoms with van der Waals surface area (Å²) in [5.41, 5.74) is 0.536. The summed E-state index contributed by atoms with van der Waals surface area (Å²) >= 11 is 8.61. The smallest absolute Gasteiger partial charge is 0.257 e. The molecule has 24 heavy (non-hydrogen) atoms. The van der Waals surface area contributed by atoms with E-state index in [-0.39, 0.29) is 11.9 Å². The predicted molar refractivity (Wildman–Crippen MR) is 107 cm³/mol. The van der Waals surface area contributed by atoms with E-state index in [4.69, 9.17) is 17.0 Å². The Labute approximate surface area is 158 Å². The predicted octanol–water partition coefficient (Wildman–Crippen LogP) is 4.81. The van der Waals surface area contributed by atoms with Crippen molar-refractivity contribution in [3.8, 4) is 5.75 Å². The van der Waals surface area contributed by atoms with Gasteiger partial charge in [0.25, 0.3) is 5.91 Å². The number of carbonyl (C=O) groups excluding carboxylic acids is 1. The Morgan fingerprint density at radius 2 is 2.04 bits per heavy atom. The van der Waals surface area contributed by atoms with Crippen LogP contribution in [0.5, 0.6) is 5.75 Å². The SMILES string of the molecule is CCCCCCOc1ccc(C(=O)NC(=S)NC(C)CC)cc1Br. The molecule has 1 atom stereocenters. The van der Waals surface area contributed by atoms with Gasteiger partial charge in [-0.3, -0.25) is 10.1 Å². The zero-order valence-corrected chi connectivity index (χ0v) is 17.1. The Kier molecular flexibility index (Phi) is 9.95. The van der Waals surface area contributed by atoms with Crippen LogP contribution in [0.4, 0.5) is 0 Å². The molecule has 0 saturated carbocycles. The lowest BCUT2D eigenvalue weighted by Crippen LogP contribution is -2.43. The molecule has 1 rings (SSSR count). The molecular formula is C18H27BrN2O2S. The van der Waals surface area contributed by atoms with E-state index in [0.717, 1.165) is 23.1 Å². The molecule has 0 aromatic heterocycles. The summed E-state index contributed by atoms with van der Waals surface area (Å²) in [4.78, 5) is 12.2. The number of benzene rings is 1. The largest absolute Gasteiger partial charge is 0.492 e. The molecule has 2 N–H and O–H groups in total. The van der Waals surface area contributed by atoms with Crippen molar-refractivity contribution in [2.24, 2.45) is 0 Å². The van der Waals surface area contributed by atoms with Crippen LogP contribution in [0.15, 0.2) is 22.7 Å². The van der Waals surface area contributed by atoms with E-state index in [1.165, 1.54) is 19.3 Å². The van der Waals surface area contributed by atoms with Crippen LogP contribution < -0.4 is 15.4 Å². The van der Waals surface area contributed by atoms with Crippen molar-refractivity contribution in [1.29, 1.82) is 0 Å². The number of halogens is 1. The lowest BCUT2D eigenvalue weighted by molar-refractivity contribution is 0.0976. The van der Waals surface area contributed by atoms with Crippen LogP contribution in [0.1, 0.15) is 63.2 Å². The van der Waals surface area contributed by atoms with Crippen molar-refractivity contribution >= 4 is 39.2 Å². The van der Waals surface area contributed by atoms with Crippen molar-refractivity contribution in [3.05, 3.63) is 28.2 Å². The molecule has 0 heterocycles. The Balaban J connectivity index is 2.53. The second-order valence-electron chi connectivity index (χ2n) is 5.79. The van der Waals surface area contributed by atoms with Crippen molar-refractivity contribution < 1.29 is 9.53 Å². The van der Waals surface area contributed by atoms with Gasteiger partial charge in [-0.05, 0) is 66.1 Å². The summed E-state index contributed by atoms with van der Waals surface area (Å²) < 4.78 is 6.52. The lowest BCUT2D eigenvalue weighted by Gasteiger charge is -2.15. The summed E-state index contributed by atoms with van der Waals surface area (Å²) in [7, 11) is 0. The van der Waals surface area contributed by atoms with Crippen LogP contribution in [-0.2, 0) is 0 Å². The summed E-state index contributed by atoms with van der Waals surface area (Å²) in [6.45, 7) is 6.94. The van der Waals surface area contributed by atoms with Crippen molar-refractivity contribution in [2.45, 2.75) is 58.9 Å². The average molecular weight is 415 g/mol. The van der Waals surface area contributed by atoms with Crippen LogP contribution in [-0.4, -0.2) is 23.7 Å². The molecule has 0 saturated heterocycles. The van der Waals surface area contributed by atoms with Gasteiger partial charge in [-0.2, -0.15) is 0 Å². The number of amides is 1. The quantitative estimate of drug-likeness (QED) is 0.449. The molecule has 0 spiro atoms. The zero-order chi connectivity index (χ0) is 17.9. The van der Waals surface area contributed by atoms with E-state index in [0.29, 0.717) is 17.3 Å². The maximum atomic E-state index is 12.2. The highest BCUT2D eigenvalue weighted by molar-refractivity contribution is 9.10. The van der Waals surface area contributed by atoms with Crippen LogP contribution >= 0.6 is 28.1 Å². The minimum absolute atomic E-state index is 0.230. The van der Waals surface area contributed by atoms with Gasteiger partial charge in [0.1, 0.15) is 5.75 Å². The number of ether oxygens (including phenoxy) is 1. The number of nitrogens with one attached hydrogen (secondary N) is 2. The summed E-state index contributed by atoms with van der Waals surface area (Å²) in [6.07, 6.45) is 5.59. The molecule has 0 radical (unpaired) electrons. The first-order valence-corrected chi connectivity index (χ1v) is 9.72. The Morgan fingerprint density at radius 1 is 1.29 bits per heavy atom. The normalized spacial score (nSPS) is 11.7. The molecule has 0 bridgehead atoms. The number of rotatable bonds is 9. The van der Waals surface area contributed by atoms with Gasteiger partial charge in [-0.15, -0.1) is 0 Å². The first-order valence-electron chi connectivity index (χ1n) is 8.52. The van der Waals surface area contributed by atoms with E-state index < -0.39 is 0 Å². The maximum absolute atomic E-state index is 12.2. The average Bonchev–Trinajstić information content (AvgIpc) is 2.55. The summed E-state index contributed by atoms with van der Waals surface area (Å²) in [5, 5.41) is 6.11. The highest BCUT2D eigenvalue weighted by Gasteiger charge is 2.11. The third kappa shape index (κ3) is 7.62. The molecule has 0 aliphatic heterocycles. The van der Waals surface area contributed by atoms with Crippen LogP contribution in [0.25, 0.3) is 0 Å². The Bertz CT molecular complexity index is 552. The van der Waals surface area contributed by atoms with Crippen molar-refractivity contribution in [1.82, 2.24) is 10.6 Å². The molecule has 4 nitrogen and oxygen atoms in total. The first kappa shape index (κ1) is 20.9. The third-order valence-corrected chi connectivity index (χ3v) is 4.51. The molecule has 6 heteroatoms. The van der Waals surface area contributed by atoms with Crippen molar-refractivity contribution in [3.63, 3.8) is 0 Å². The number of hydrogen-bond donors (Lipinski definition) is 2. The second-order valence-corrected chi connectivity index (χ2v) is 7.05. The van der Waals surface area contributed by atoms with Crippen LogP contribution in [0.3, 0.4) is 0 Å². The van der Waals surface area contributed by atoms with Gasteiger partial charge in [0.2, 0.25) is 0 Å². The topological polar surface area (TPSA) is 50.4 Å². The molecule has 0 aliphatic carbocycles. The third-order valence-electron chi connectivity index (χ3n) is 3.67. The van der Waals surface area contributed by atoms with E-state index in [2.05, 4.69) is 40.4 Å². The van der Waals surface area contributed by atoms with Gasteiger partial charge in [0.05, 0.1) is 11.1 Å². The van der Waals surface area contributed by atoms with Gasteiger partial charge in [0, 0.05) is 11.6 Å². The van der Waals surface area contributed by atoms with Gasteiger partial charge in [0.15, 0.2) is 5.11 Å². The Hall–Kier alpha value is -1.14. The fourth-order valence-electron chi connectivity index (χ4n) is 2.01. The van der Waals surface area contributed by atoms with E-state index >= 15 is 0 Å². The van der Waals surface area contributed by atoms with Gasteiger partial charge >= 0.3 is 0 Å². The molecule has 1 unspecified atom stereocenters. The van der Waals surface area contributed by atoms with Crippen LogP contribution in [0, 0.1) is 0 Å². The molecule has 0 aliphatic rings. The minimum Gasteiger partial charge on any atom is -0.492 e. The lowest BCUT2D eigenvalue weighted by atomic mass is 10.2. The van der Waals surface area contributed by atoms with Gasteiger partial charge in [-0.25, -0.2) is 0 Å². The molecule has 1 amide bonds. The molecule has 1 aromatic carbocycles. The fourth-order valence-corrected chi connectivity index (χ4v) is 2.79. The van der Waals surface area contributed by atoms with Crippen LogP contribution in [0.2, 0.25) is 0 Å². The summed E-state index contributed by atoms with van der Waals surface area (Å²) in [6, 6.07) is 5.54. The number of thiocarbonyl (C=S) groups is 1. The number of hydrogen-bond acceptors (Lipinski definition) is 3. The number of unbranched alkanes of at least 4 members (excludes halogenated alkanes) is 3. The van der Waals surface area contributed by atoms with Crippen molar-refractivity contribution in [2.75, 3.05) is 6.61 Å². The summed E-state index contributed by atoms with van der Waals surface area (Å²) in [5.74, 6) is 0.523. The van der Waals surface area contributed by atoms with Gasteiger partial charge < -0.3 is 10.1 Å². The zero-order valence-electron chi connectivity index (χ0n) is 14.7. The fraction of sp³-hybridized carbons (Fsp3) is 0.556. The molecule has 134 valence electrons. The minimum atomic E-state index is -0.231. The number of carbonyl (C=O) groups is 1. The molecular weight excluding hydrogens is 388 g/mol. The highest BCUT2D eigenvalue weighted by atomic mass is 79.9. The Morgan fingerprint density at radius 3 is 2.67 bits per heavy atom. The second kappa shape index (κ2) is 11.4. The molecule has 1 aromatic rings. The first-order chi connectivity index (χ1) is 11.5. The molecule has 0 fully saturated rings.